The zero-order valence-corrected chi connectivity index (χ0v) is 21.9. The lowest BCUT2D eigenvalue weighted by Crippen LogP contribution is -2.22. The molecule has 1 atom stereocenters. The summed E-state index contributed by atoms with van der Waals surface area (Å²) in [5.41, 5.74) is 5.22. The van der Waals surface area contributed by atoms with E-state index in [2.05, 4.69) is 19.9 Å². The van der Waals surface area contributed by atoms with E-state index >= 15 is 0 Å². The van der Waals surface area contributed by atoms with E-state index in [-0.39, 0.29) is 6.10 Å². The fourth-order valence-corrected chi connectivity index (χ4v) is 4.46. The molecule has 0 bridgehead atoms. The van der Waals surface area contributed by atoms with Crippen LogP contribution in [0.15, 0.2) is 61.6 Å². The number of fused-ring (bicyclic) bond motifs is 2. The van der Waals surface area contributed by atoms with Crippen molar-refractivity contribution in [1.29, 1.82) is 0 Å². The molecule has 5 heterocycles. The SMILES string of the molecule is COCCOc1ccc(C2COc3cc(Cn4cnc5cc(-c6cn(C)cn6)cnc54)cc(OC)c3O2)cn1. The summed E-state index contributed by atoms with van der Waals surface area (Å²) in [6, 6.07) is 9.65. The second kappa shape index (κ2) is 10.6. The van der Waals surface area contributed by atoms with E-state index in [1.807, 2.05) is 58.9 Å². The molecule has 0 spiro atoms. The summed E-state index contributed by atoms with van der Waals surface area (Å²) in [6.45, 7) is 1.83. The number of hydrogen-bond acceptors (Lipinski definition) is 9. The van der Waals surface area contributed by atoms with Crippen LogP contribution in [0.4, 0.5) is 0 Å². The summed E-state index contributed by atoms with van der Waals surface area (Å²) in [6.07, 6.45) is 8.74. The molecule has 4 aromatic heterocycles. The van der Waals surface area contributed by atoms with Crippen molar-refractivity contribution in [2.24, 2.45) is 7.05 Å². The van der Waals surface area contributed by atoms with Crippen molar-refractivity contribution in [3.8, 4) is 34.4 Å². The quantitative estimate of drug-likeness (QED) is 0.264. The third-order valence-electron chi connectivity index (χ3n) is 6.43. The van der Waals surface area contributed by atoms with E-state index < -0.39 is 0 Å². The number of nitrogens with zero attached hydrogens (tertiary/aromatic N) is 6. The molecule has 1 aromatic carbocycles. The van der Waals surface area contributed by atoms with E-state index in [0.717, 1.165) is 33.5 Å². The molecule has 0 fully saturated rings. The van der Waals surface area contributed by atoms with Crippen molar-refractivity contribution in [3.63, 3.8) is 0 Å². The molecule has 1 aliphatic rings. The van der Waals surface area contributed by atoms with Gasteiger partial charge >= 0.3 is 0 Å². The number of imidazole rings is 2. The van der Waals surface area contributed by atoms with Gasteiger partial charge in [0, 0.05) is 49.9 Å². The molecule has 0 N–H and O–H groups in total. The summed E-state index contributed by atoms with van der Waals surface area (Å²) >= 11 is 0. The maximum absolute atomic E-state index is 6.31. The van der Waals surface area contributed by atoms with Crippen molar-refractivity contribution in [2.45, 2.75) is 12.6 Å². The standard InChI is InChI=1S/C28H28N6O5/c1-33-14-22(31-16-33)20-10-21-28(30-12-20)34(17-32-21)13-18-8-23(36-3)27-24(9-18)38-15-25(39-27)19-4-5-26(29-11-19)37-7-6-35-2/h4-5,8-12,14,16-17,25H,6-7,13,15H2,1-3H3. The molecule has 1 unspecified atom stereocenters. The largest absolute Gasteiger partial charge is 0.493 e. The van der Waals surface area contributed by atoms with Crippen LogP contribution in [0, 0.1) is 0 Å². The van der Waals surface area contributed by atoms with Gasteiger partial charge in [-0.1, -0.05) is 0 Å². The number of hydrogen-bond donors (Lipinski definition) is 0. The van der Waals surface area contributed by atoms with E-state index in [1.165, 1.54) is 0 Å². The van der Waals surface area contributed by atoms with Gasteiger partial charge in [0.05, 0.1) is 38.6 Å². The highest BCUT2D eigenvalue weighted by Gasteiger charge is 2.27. The first-order chi connectivity index (χ1) is 19.1. The number of ether oxygens (including phenoxy) is 5. The Hall–Kier alpha value is -4.64. The second-order valence-corrected chi connectivity index (χ2v) is 9.18. The molecule has 39 heavy (non-hydrogen) atoms. The van der Waals surface area contributed by atoms with E-state index in [1.54, 1.807) is 33.1 Å². The van der Waals surface area contributed by atoms with Crippen LogP contribution >= 0.6 is 0 Å². The number of pyridine rings is 2. The van der Waals surface area contributed by atoms with Crippen LogP contribution in [-0.2, 0) is 18.3 Å². The second-order valence-electron chi connectivity index (χ2n) is 9.18. The number of aromatic nitrogens is 6. The van der Waals surface area contributed by atoms with Gasteiger partial charge in [-0.2, -0.15) is 0 Å². The normalized spacial score (nSPS) is 14.5. The fourth-order valence-electron chi connectivity index (χ4n) is 4.46. The van der Waals surface area contributed by atoms with Crippen molar-refractivity contribution in [1.82, 2.24) is 29.1 Å². The molecular weight excluding hydrogens is 500 g/mol. The molecule has 0 saturated heterocycles. The Bertz CT molecular complexity index is 1580. The van der Waals surface area contributed by atoms with Gasteiger partial charge in [-0.25, -0.2) is 19.9 Å². The van der Waals surface area contributed by atoms with Gasteiger partial charge in [0.2, 0.25) is 11.6 Å². The summed E-state index contributed by atoms with van der Waals surface area (Å²) in [4.78, 5) is 18.0. The van der Waals surface area contributed by atoms with Crippen molar-refractivity contribution in [3.05, 3.63) is 72.7 Å². The molecule has 11 heteroatoms. The van der Waals surface area contributed by atoms with Crippen molar-refractivity contribution >= 4 is 11.2 Å². The van der Waals surface area contributed by atoms with Crippen LogP contribution in [0.25, 0.3) is 22.4 Å². The minimum Gasteiger partial charge on any atom is -0.493 e. The molecule has 1 aliphatic heterocycles. The number of rotatable bonds is 9. The Morgan fingerprint density at radius 3 is 2.69 bits per heavy atom. The molecule has 200 valence electrons. The average molecular weight is 529 g/mol. The molecule has 11 nitrogen and oxygen atoms in total. The summed E-state index contributed by atoms with van der Waals surface area (Å²) in [7, 11) is 5.19. The molecule has 6 rings (SSSR count). The maximum Gasteiger partial charge on any atom is 0.213 e. The predicted octanol–water partition coefficient (Wildman–Crippen LogP) is 3.82. The van der Waals surface area contributed by atoms with Crippen molar-refractivity contribution < 1.29 is 23.7 Å². The van der Waals surface area contributed by atoms with E-state index in [4.69, 9.17) is 23.7 Å². The Labute approximate surface area is 224 Å². The minimum absolute atomic E-state index is 0.326. The lowest BCUT2D eigenvalue weighted by Gasteiger charge is -2.28. The Kier molecular flexibility index (Phi) is 6.72. The van der Waals surface area contributed by atoms with E-state index in [9.17, 15) is 0 Å². The van der Waals surface area contributed by atoms with Gasteiger partial charge < -0.3 is 32.8 Å². The molecule has 0 saturated carbocycles. The van der Waals surface area contributed by atoms with Gasteiger partial charge in [-0.05, 0) is 29.8 Å². The highest BCUT2D eigenvalue weighted by atomic mass is 16.6. The first-order valence-corrected chi connectivity index (χ1v) is 12.5. The van der Waals surface area contributed by atoms with Crippen LogP contribution in [0.2, 0.25) is 0 Å². The fraction of sp³-hybridized carbons (Fsp3) is 0.286. The Balaban J connectivity index is 1.20. The monoisotopic (exact) mass is 528 g/mol. The smallest absolute Gasteiger partial charge is 0.213 e. The molecular formula is C28H28N6O5. The topological polar surface area (TPSA) is 108 Å². The lowest BCUT2D eigenvalue weighted by molar-refractivity contribution is 0.0866. The van der Waals surface area contributed by atoms with E-state index in [0.29, 0.717) is 49.5 Å². The van der Waals surface area contributed by atoms with Crippen LogP contribution in [0.5, 0.6) is 23.1 Å². The lowest BCUT2D eigenvalue weighted by atomic mass is 10.1. The third-order valence-corrected chi connectivity index (χ3v) is 6.43. The average Bonchev–Trinajstić information content (AvgIpc) is 3.58. The molecule has 0 aliphatic carbocycles. The van der Waals surface area contributed by atoms with Crippen LogP contribution in [-0.4, -0.2) is 63.1 Å². The zero-order valence-electron chi connectivity index (χ0n) is 21.9. The molecule has 0 amide bonds. The number of aryl methyl sites for hydroxylation is 1. The van der Waals surface area contributed by atoms with Crippen LogP contribution in [0.1, 0.15) is 17.2 Å². The predicted molar refractivity (Wildman–Crippen MR) is 142 cm³/mol. The minimum atomic E-state index is -0.326. The number of methoxy groups -OCH3 is 2. The van der Waals surface area contributed by atoms with Crippen LogP contribution < -0.4 is 18.9 Å². The zero-order chi connectivity index (χ0) is 26.8. The van der Waals surface area contributed by atoms with Gasteiger partial charge in [0.25, 0.3) is 0 Å². The highest BCUT2D eigenvalue weighted by Crippen LogP contribution is 2.44. The Morgan fingerprint density at radius 2 is 1.92 bits per heavy atom. The third kappa shape index (κ3) is 5.08. The van der Waals surface area contributed by atoms with Gasteiger partial charge in [-0.3, -0.25) is 0 Å². The molecule has 5 aromatic rings. The van der Waals surface area contributed by atoms with Crippen LogP contribution in [0.3, 0.4) is 0 Å². The summed E-state index contributed by atoms with van der Waals surface area (Å²) in [5, 5.41) is 0. The summed E-state index contributed by atoms with van der Waals surface area (Å²) < 4.78 is 32.6. The van der Waals surface area contributed by atoms with Gasteiger partial charge in [-0.15, -0.1) is 0 Å². The number of benzene rings is 1. The van der Waals surface area contributed by atoms with Gasteiger partial charge in [0.1, 0.15) is 18.7 Å². The summed E-state index contributed by atoms with van der Waals surface area (Å²) in [5.74, 6) is 2.31. The van der Waals surface area contributed by atoms with Gasteiger partial charge in [0.15, 0.2) is 23.3 Å². The molecule has 0 radical (unpaired) electrons. The first-order valence-electron chi connectivity index (χ1n) is 12.5. The first kappa shape index (κ1) is 24.7. The van der Waals surface area contributed by atoms with Crippen molar-refractivity contribution in [2.75, 3.05) is 34.0 Å². The Morgan fingerprint density at radius 1 is 1.00 bits per heavy atom. The highest BCUT2D eigenvalue weighted by molar-refractivity contribution is 5.77. The maximum atomic E-state index is 6.31.